The first kappa shape index (κ1) is 21.4. The average Bonchev–Trinajstić information content (AvgIpc) is 3.23. The summed E-state index contributed by atoms with van der Waals surface area (Å²) in [6.07, 6.45) is 4.47. The molecule has 1 aliphatic rings. The highest BCUT2D eigenvalue weighted by atomic mass is 32.2. The molecule has 1 saturated heterocycles. The van der Waals surface area contributed by atoms with E-state index in [2.05, 4.69) is 10.3 Å². The van der Waals surface area contributed by atoms with Gasteiger partial charge in [-0.2, -0.15) is 4.31 Å². The van der Waals surface area contributed by atoms with E-state index in [1.54, 1.807) is 31.3 Å². The Morgan fingerprint density at radius 1 is 1.13 bits per heavy atom. The van der Waals surface area contributed by atoms with Gasteiger partial charge >= 0.3 is 0 Å². The van der Waals surface area contributed by atoms with Crippen LogP contribution >= 0.6 is 0 Å². The summed E-state index contributed by atoms with van der Waals surface area (Å²) >= 11 is 0. The topological polar surface area (TPSA) is 91.5 Å². The molecule has 1 atom stereocenters. The molecule has 4 rings (SSSR count). The van der Waals surface area contributed by atoms with Crippen molar-refractivity contribution in [3.05, 3.63) is 54.2 Å². The van der Waals surface area contributed by atoms with Gasteiger partial charge in [0.05, 0.1) is 13.2 Å². The number of rotatable bonds is 7. The van der Waals surface area contributed by atoms with Crippen LogP contribution in [-0.4, -0.2) is 49.7 Å². The minimum atomic E-state index is -3.68. The molecule has 1 fully saturated rings. The Bertz CT molecular complexity index is 1200. The lowest BCUT2D eigenvalue weighted by Crippen LogP contribution is -2.35. The molecule has 7 nitrogen and oxygen atoms in total. The van der Waals surface area contributed by atoms with Gasteiger partial charge in [-0.05, 0) is 44.0 Å². The predicted molar refractivity (Wildman–Crippen MR) is 121 cm³/mol. The monoisotopic (exact) mass is 441 g/mol. The highest BCUT2D eigenvalue weighted by Gasteiger charge is 2.29. The second-order valence-corrected chi connectivity index (χ2v) is 9.71. The summed E-state index contributed by atoms with van der Waals surface area (Å²) in [5.74, 6) is 0.223. The summed E-state index contributed by atoms with van der Waals surface area (Å²) in [5.41, 5.74) is 2.06. The largest absolute Gasteiger partial charge is 0.495 e. The quantitative estimate of drug-likeness (QED) is 0.540. The molecule has 2 aromatic carbocycles. The normalized spacial score (nSPS) is 16.2. The Morgan fingerprint density at radius 3 is 2.61 bits per heavy atom. The second kappa shape index (κ2) is 8.72. The van der Waals surface area contributed by atoms with E-state index in [1.807, 2.05) is 24.3 Å². The Labute approximate surface area is 182 Å². The minimum Gasteiger partial charge on any atom is -0.495 e. The summed E-state index contributed by atoms with van der Waals surface area (Å²) in [4.78, 5) is 16.3. The zero-order valence-corrected chi connectivity index (χ0v) is 18.5. The summed E-state index contributed by atoms with van der Waals surface area (Å²) in [6.45, 7) is 2.80. The van der Waals surface area contributed by atoms with Gasteiger partial charge in [-0.15, -0.1) is 0 Å². The highest BCUT2D eigenvalue weighted by Crippen LogP contribution is 2.31. The predicted octanol–water partition coefficient (Wildman–Crippen LogP) is 4.03. The van der Waals surface area contributed by atoms with Crippen LogP contribution in [0.15, 0.2) is 53.6 Å². The molecular weight excluding hydrogens is 414 g/mol. The van der Waals surface area contributed by atoms with Gasteiger partial charge < -0.3 is 15.0 Å². The molecule has 2 heterocycles. The fourth-order valence-electron chi connectivity index (χ4n) is 4.04. The first-order valence-electron chi connectivity index (χ1n) is 10.5. The number of nitrogens with zero attached hydrogens (tertiary/aromatic N) is 1. The zero-order chi connectivity index (χ0) is 22.0. The van der Waals surface area contributed by atoms with Gasteiger partial charge in [0, 0.05) is 41.4 Å². The van der Waals surface area contributed by atoms with Crippen molar-refractivity contribution < 1.29 is 17.9 Å². The molecule has 1 aliphatic heterocycles. The smallest absolute Gasteiger partial charge is 0.246 e. The van der Waals surface area contributed by atoms with Crippen molar-refractivity contribution >= 4 is 32.4 Å². The van der Waals surface area contributed by atoms with E-state index < -0.39 is 16.1 Å². The van der Waals surface area contributed by atoms with Gasteiger partial charge in [-0.25, -0.2) is 8.42 Å². The number of carbonyl (C=O) groups excluding carboxylic acids is 1. The van der Waals surface area contributed by atoms with Crippen LogP contribution in [0.3, 0.4) is 0 Å². The maximum atomic E-state index is 13.2. The Kier molecular flexibility index (Phi) is 6.02. The lowest BCUT2D eigenvalue weighted by atomic mass is 10.0. The first-order valence-corrected chi connectivity index (χ1v) is 11.9. The molecule has 8 heteroatoms. The van der Waals surface area contributed by atoms with Crippen LogP contribution in [0.5, 0.6) is 5.75 Å². The summed E-state index contributed by atoms with van der Waals surface area (Å²) in [6, 6.07) is 12.0. The van der Waals surface area contributed by atoms with Gasteiger partial charge in [0.1, 0.15) is 10.6 Å². The zero-order valence-electron chi connectivity index (χ0n) is 17.7. The molecule has 0 amide bonds. The molecule has 0 saturated carbocycles. The number of ether oxygens (including phenoxy) is 1. The third-order valence-electron chi connectivity index (χ3n) is 5.73. The van der Waals surface area contributed by atoms with Crippen molar-refractivity contribution in [2.75, 3.05) is 25.5 Å². The standard InChI is InChI=1S/C23H27N3O4S/c1-16(23(27)19-15-24-20-9-5-4-8-18(19)20)25-17-10-11-21(30-2)22(14-17)31(28,29)26-12-6-3-7-13-26/h4-5,8-11,14-16,24-25H,3,6-7,12-13H2,1-2H3/t16-/m0/s1. The summed E-state index contributed by atoms with van der Waals surface area (Å²) < 4.78 is 33.3. The molecular formula is C23H27N3O4S. The maximum absolute atomic E-state index is 13.2. The lowest BCUT2D eigenvalue weighted by Gasteiger charge is -2.27. The summed E-state index contributed by atoms with van der Waals surface area (Å²) in [5, 5.41) is 4.02. The number of sulfonamides is 1. The number of methoxy groups -OCH3 is 1. The molecule has 164 valence electrons. The van der Waals surface area contributed by atoms with Gasteiger partial charge in [-0.1, -0.05) is 24.6 Å². The van der Waals surface area contributed by atoms with Crippen molar-refractivity contribution in [3.8, 4) is 5.75 Å². The molecule has 0 spiro atoms. The highest BCUT2D eigenvalue weighted by molar-refractivity contribution is 7.89. The number of benzene rings is 2. The van der Waals surface area contributed by atoms with Crippen LogP contribution in [0.1, 0.15) is 36.5 Å². The Hall–Kier alpha value is -2.84. The van der Waals surface area contributed by atoms with Crippen LogP contribution in [0.25, 0.3) is 10.9 Å². The maximum Gasteiger partial charge on any atom is 0.246 e. The molecule has 31 heavy (non-hydrogen) atoms. The van der Waals surface area contributed by atoms with Crippen molar-refractivity contribution in [1.29, 1.82) is 0 Å². The molecule has 0 aliphatic carbocycles. The third-order valence-corrected chi connectivity index (χ3v) is 7.65. The van der Waals surface area contributed by atoms with Gasteiger partial charge in [0.2, 0.25) is 10.0 Å². The molecule has 0 radical (unpaired) electrons. The van der Waals surface area contributed by atoms with Crippen LogP contribution < -0.4 is 10.1 Å². The number of aromatic nitrogens is 1. The van der Waals surface area contributed by atoms with Crippen LogP contribution in [0.4, 0.5) is 5.69 Å². The number of fused-ring (bicyclic) bond motifs is 1. The SMILES string of the molecule is COc1ccc(N[C@@H](C)C(=O)c2c[nH]c3ccccc23)cc1S(=O)(=O)N1CCCCC1. The van der Waals surface area contributed by atoms with Gasteiger partial charge in [0.25, 0.3) is 0 Å². The number of anilines is 1. The Morgan fingerprint density at radius 2 is 1.87 bits per heavy atom. The number of nitrogens with one attached hydrogen (secondary N) is 2. The summed E-state index contributed by atoms with van der Waals surface area (Å²) in [7, 11) is -2.22. The van der Waals surface area contributed by atoms with Crippen molar-refractivity contribution in [1.82, 2.24) is 9.29 Å². The minimum absolute atomic E-state index is 0.0753. The van der Waals surface area contributed by atoms with Crippen molar-refractivity contribution in [2.24, 2.45) is 0 Å². The van der Waals surface area contributed by atoms with E-state index in [4.69, 9.17) is 4.74 Å². The van der Waals surface area contributed by atoms with Crippen molar-refractivity contribution in [3.63, 3.8) is 0 Å². The fraction of sp³-hybridized carbons (Fsp3) is 0.348. The van der Waals surface area contributed by atoms with Crippen LogP contribution in [0.2, 0.25) is 0 Å². The van der Waals surface area contributed by atoms with E-state index in [9.17, 15) is 13.2 Å². The Balaban J connectivity index is 1.60. The second-order valence-electron chi connectivity index (χ2n) is 7.81. The number of piperidine rings is 1. The number of para-hydroxylation sites is 1. The third kappa shape index (κ3) is 4.18. The van der Waals surface area contributed by atoms with E-state index in [1.165, 1.54) is 11.4 Å². The number of H-pyrrole nitrogens is 1. The molecule has 2 N–H and O–H groups in total. The van der Waals surface area contributed by atoms with Gasteiger partial charge in [-0.3, -0.25) is 4.79 Å². The lowest BCUT2D eigenvalue weighted by molar-refractivity contribution is 0.0977. The number of aromatic amines is 1. The molecule has 0 bridgehead atoms. The van der Waals surface area contributed by atoms with Crippen molar-refractivity contribution in [2.45, 2.75) is 37.1 Å². The number of hydrogen-bond donors (Lipinski definition) is 2. The molecule has 1 aromatic heterocycles. The van der Waals surface area contributed by atoms with E-state index in [0.29, 0.717) is 30.1 Å². The fourth-order valence-corrected chi connectivity index (χ4v) is 5.74. The van der Waals surface area contributed by atoms with Gasteiger partial charge in [0.15, 0.2) is 5.78 Å². The number of carbonyl (C=O) groups is 1. The first-order chi connectivity index (χ1) is 14.9. The molecule has 3 aromatic rings. The number of hydrogen-bond acceptors (Lipinski definition) is 5. The van der Waals surface area contributed by atoms with Crippen LogP contribution in [-0.2, 0) is 10.0 Å². The van der Waals surface area contributed by atoms with E-state index >= 15 is 0 Å². The van der Waals surface area contributed by atoms with E-state index in [0.717, 1.165) is 30.2 Å². The van der Waals surface area contributed by atoms with Crippen LogP contribution in [0, 0.1) is 0 Å². The average molecular weight is 442 g/mol. The molecule has 0 unspecified atom stereocenters. The number of Topliss-reactive ketones (excluding diaryl/α,β-unsaturated/α-hetero) is 1. The number of ketones is 1. The van der Waals surface area contributed by atoms with E-state index in [-0.39, 0.29) is 10.7 Å².